The average Bonchev–Trinajstić information content (AvgIpc) is 2.41. The summed E-state index contributed by atoms with van der Waals surface area (Å²) in [7, 11) is 0. The molecule has 0 heteroatoms. The lowest BCUT2D eigenvalue weighted by molar-refractivity contribution is 1.11. The van der Waals surface area contributed by atoms with Crippen molar-refractivity contribution in [1.29, 1.82) is 0 Å². The zero-order chi connectivity index (χ0) is 13.4. The van der Waals surface area contributed by atoms with Crippen molar-refractivity contribution in [3.63, 3.8) is 0 Å². The molecule has 0 spiro atoms. The Balaban J connectivity index is 0.000000180. The molecule has 0 amide bonds. The van der Waals surface area contributed by atoms with Crippen LogP contribution in [0.2, 0.25) is 0 Å². The average molecular weight is 240 g/mol. The maximum atomic E-state index is 2.18. The Hall–Kier alpha value is -1.56. The van der Waals surface area contributed by atoms with E-state index in [0.29, 0.717) is 0 Å². The molecule has 0 N–H and O–H groups in total. The molecule has 2 aromatic carbocycles. The van der Waals surface area contributed by atoms with E-state index >= 15 is 0 Å². The molecule has 0 unspecified atom stereocenters. The largest absolute Gasteiger partial charge is 0.0620 e. The highest BCUT2D eigenvalue weighted by Crippen LogP contribution is 2.06. The van der Waals surface area contributed by atoms with Gasteiger partial charge in [0.2, 0.25) is 0 Å². The van der Waals surface area contributed by atoms with Crippen LogP contribution in [0.15, 0.2) is 48.5 Å². The number of rotatable bonds is 2. The summed E-state index contributed by atoms with van der Waals surface area (Å²) in [5.41, 5.74) is 5.72. The Bertz CT molecular complexity index is 423. The lowest BCUT2D eigenvalue weighted by Crippen LogP contribution is -1.82. The topological polar surface area (TPSA) is 0 Å². The molecule has 0 aliphatic heterocycles. The monoisotopic (exact) mass is 240 g/mol. The van der Waals surface area contributed by atoms with E-state index in [2.05, 4.69) is 76.2 Å². The third-order valence-corrected chi connectivity index (χ3v) is 3.28. The van der Waals surface area contributed by atoms with Gasteiger partial charge in [-0.2, -0.15) is 0 Å². The molecule has 96 valence electrons. The fraction of sp³-hybridized carbons (Fsp3) is 0.333. The highest BCUT2D eigenvalue weighted by atomic mass is 14.0. The minimum Gasteiger partial charge on any atom is -0.0620 e. The maximum Gasteiger partial charge on any atom is -0.0305 e. The van der Waals surface area contributed by atoms with Crippen LogP contribution < -0.4 is 0 Å². The molecule has 0 atom stereocenters. The summed E-state index contributed by atoms with van der Waals surface area (Å²) in [5, 5.41) is 0. The van der Waals surface area contributed by atoms with Crippen molar-refractivity contribution < 1.29 is 0 Å². The molecule has 18 heavy (non-hydrogen) atoms. The standard InChI is InChI=1S/2C9H12/c2*1-3-9-7-5-4-6-8(9)2/h2*4-7H,3H2,1-2H3. The van der Waals surface area contributed by atoms with Crippen LogP contribution in [0.3, 0.4) is 0 Å². The number of aryl methyl sites for hydroxylation is 4. The smallest absolute Gasteiger partial charge is 0.0305 e. The van der Waals surface area contributed by atoms with Gasteiger partial charge in [-0.3, -0.25) is 0 Å². The van der Waals surface area contributed by atoms with Gasteiger partial charge in [-0.25, -0.2) is 0 Å². The van der Waals surface area contributed by atoms with Gasteiger partial charge in [0.15, 0.2) is 0 Å². The Morgan fingerprint density at radius 1 is 0.611 bits per heavy atom. The van der Waals surface area contributed by atoms with Gasteiger partial charge in [0.25, 0.3) is 0 Å². The van der Waals surface area contributed by atoms with Crippen molar-refractivity contribution in [3.8, 4) is 0 Å². The second-order valence-corrected chi connectivity index (χ2v) is 4.56. The molecule has 0 bridgehead atoms. The summed E-state index contributed by atoms with van der Waals surface area (Å²) < 4.78 is 0. The highest BCUT2D eigenvalue weighted by Gasteiger charge is 1.90. The van der Waals surface area contributed by atoms with Gasteiger partial charge in [0.1, 0.15) is 0 Å². The van der Waals surface area contributed by atoms with Crippen molar-refractivity contribution >= 4 is 0 Å². The lowest BCUT2D eigenvalue weighted by Gasteiger charge is -1.98. The fourth-order valence-corrected chi connectivity index (χ4v) is 2.01. The first-order valence-corrected chi connectivity index (χ1v) is 6.78. The van der Waals surface area contributed by atoms with Crippen molar-refractivity contribution in [2.24, 2.45) is 0 Å². The Morgan fingerprint density at radius 2 is 0.944 bits per heavy atom. The van der Waals surface area contributed by atoms with Crippen LogP contribution in [0.1, 0.15) is 36.1 Å². The van der Waals surface area contributed by atoms with Crippen LogP contribution in [-0.2, 0) is 12.8 Å². The van der Waals surface area contributed by atoms with E-state index in [1.165, 1.54) is 22.3 Å². The van der Waals surface area contributed by atoms with Crippen LogP contribution in [0.25, 0.3) is 0 Å². The molecular weight excluding hydrogens is 216 g/mol. The van der Waals surface area contributed by atoms with Gasteiger partial charge < -0.3 is 0 Å². The Kier molecular flexibility index (Phi) is 6.21. The Morgan fingerprint density at radius 3 is 1.17 bits per heavy atom. The summed E-state index contributed by atoms with van der Waals surface area (Å²) in [6, 6.07) is 17.0. The number of hydrogen-bond acceptors (Lipinski definition) is 0. The summed E-state index contributed by atoms with van der Waals surface area (Å²) in [6.07, 6.45) is 2.29. The molecule has 0 radical (unpaired) electrons. The van der Waals surface area contributed by atoms with Gasteiger partial charge in [-0.05, 0) is 48.9 Å². The number of hydrogen-bond donors (Lipinski definition) is 0. The van der Waals surface area contributed by atoms with Crippen LogP contribution >= 0.6 is 0 Å². The fourth-order valence-electron chi connectivity index (χ4n) is 2.01. The van der Waals surface area contributed by atoms with Crippen LogP contribution in [-0.4, -0.2) is 0 Å². The molecule has 2 aromatic rings. The normalized spacial score (nSPS) is 9.56. The zero-order valence-corrected chi connectivity index (χ0v) is 12.0. The van der Waals surface area contributed by atoms with E-state index < -0.39 is 0 Å². The number of benzene rings is 2. The maximum absolute atomic E-state index is 2.18. The van der Waals surface area contributed by atoms with Crippen LogP contribution in [0, 0.1) is 13.8 Å². The molecule has 0 saturated heterocycles. The van der Waals surface area contributed by atoms with Crippen LogP contribution in [0.4, 0.5) is 0 Å². The van der Waals surface area contributed by atoms with E-state index in [0.717, 1.165) is 12.8 Å². The molecule has 0 fully saturated rings. The zero-order valence-electron chi connectivity index (χ0n) is 12.0. The molecule has 2 rings (SSSR count). The molecule has 0 saturated carbocycles. The van der Waals surface area contributed by atoms with Gasteiger partial charge in [-0.1, -0.05) is 62.4 Å². The minimum absolute atomic E-state index is 1.15. The third kappa shape index (κ3) is 4.37. The minimum atomic E-state index is 1.15. The second kappa shape index (κ2) is 7.71. The van der Waals surface area contributed by atoms with Gasteiger partial charge >= 0.3 is 0 Å². The first kappa shape index (κ1) is 14.5. The van der Waals surface area contributed by atoms with Gasteiger partial charge in [-0.15, -0.1) is 0 Å². The predicted molar refractivity (Wildman–Crippen MR) is 81.1 cm³/mol. The van der Waals surface area contributed by atoms with Gasteiger partial charge in [0, 0.05) is 0 Å². The molecule has 0 aromatic heterocycles. The molecule has 0 nitrogen and oxygen atoms in total. The van der Waals surface area contributed by atoms with E-state index in [1.807, 2.05) is 0 Å². The van der Waals surface area contributed by atoms with E-state index in [1.54, 1.807) is 0 Å². The summed E-state index contributed by atoms with van der Waals surface area (Å²) >= 11 is 0. The van der Waals surface area contributed by atoms with Crippen molar-refractivity contribution in [3.05, 3.63) is 70.8 Å². The summed E-state index contributed by atoms with van der Waals surface area (Å²) in [6.45, 7) is 8.67. The second-order valence-electron chi connectivity index (χ2n) is 4.56. The molecular formula is C18H24. The first-order chi connectivity index (χ1) is 8.69. The predicted octanol–water partition coefficient (Wildman–Crippen LogP) is 5.11. The SMILES string of the molecule is CCc1ccccc1C.CCc1ccccc1C. The molecule has 0 aliphatic carbocycles. The lowest BCUT2D eigenvalue weighted by atomic mass is 10.1. The quantitative estimate of drug-likeness (QED) is 0.684. The van der Waals surface area contributed by atoms with E-state index in [4.69, 9.17) is 0 Å². The van der Waals surface area contributed by atoms with E-state index in [-0.39, 0.29) is 0 Å². The summed E-state index contributed by atoms with van der Waals surface area (Å²) in [4.78, 5) is 0. The van der Waals surface area contributed by atoms with Crippen molar-refractivity contribution in [2.75, 3.05) is 0 Å². The summed E-state index contributed by atoms with van der Waals surface area (Å²) in [5.74, 6) is 0. The molecule has 0 heterocycles. The Labute approximate surface area is 112 Å². The van der Waals surface area contributed by atoms with E-state index in [9.17, 15) is 0 Å². The molecule has 0 aliphatic rings. The van der Waals surface area contributed by atoms with Gasteiger partial charge in [0.05, 0.1) is 0 Å². The third-order valence-electron chi connectivity index (χ3n) is 3.28. The first-order valence-electron chi connectivity index (χ1n) is 6.78. The van der Waals surface area contributed by atoms with Crippen molar-refractivity contribution in [2.45, 2.75) is 40.5 Å². The van der Waals surface area contributed by atoms with Crippen molar-refractivity contribution in [1.82, 2.24) is 0 Å². The van der Waals surface area contributed by atoms with Crippen LogP contribution in [0.5, 0.6) is 0 Å². The highest BCUT2D eigenvalue weighted by molar-refractivity contribution is 5.25.